The van der Waals surface area contributed by atoms with Crippen LogP contribution in [0, 0.1) is 0 Å². The van der Waals surface area contributed by atoms with E-state index in [9.17, 15) is 8.42 Å². The maximum Gasteiger partial charge on any atom is 0.155 e. The molecular formula is C10H17N3O2S. The first-order chi connectivity index (χ1) is 7.50. The first-order valence-corrected chi connectivity index (χ1v) is 7.18. The molecule has 1 aliphatic heterocycles. The Morgan fingerprint density at radius 3 is 2.88 bits per heavy atom. The molecule has 0 saturated carbocycles. The molecule has 0 aromatic carbocycles. The molecule has 0 aliphatic carbocycles. The number of hydrogen-bond acceptors (Lipinski definition) is 4. The highest BCUT2D eigenvalue weighted by molar-refractivity contribution is 7.92. The SMILES string of the molecule is Cn1cc(C(N)C2CCCCS2(=O)=O)cn1. The normalized spacial score (nSPS) is 26.5. The van der Waals surface area contributed by atoms with Crippen molar-refractivity contribution in [3.63, 3.8) is 0 Å². The summed E-state index contributed by atoms with van der Waals surface area (Å²) < 4.78 is 25.4. The summed E-state index contributed by atoms with van der Waals surface area (Å²) in [6.07, 6.45) is 5.80. The Kier molecular flexibility index (Phi) is 3.03. The standard InChI is InChI=1S/C10H17N3O2S/c1-13-7-8(6-12-13)10(11)9-4-2-3-5-16(9,14)15/h6-7,9-10H,2-5,11H2,1H3. The van der Waals surface area contributed by atoms with Gasteiger partial charge in [-0.05, 0) is 12.8 Å². The first kappa shape index (κ1) is 11.6. The molecule has 1 aromatic rings. The Bertz CT molecular complexity index is 466. The third-order valence-corrected chi connectivity index (χ3v) is 5.45. The van der Waals surface area contributed by atoms with E-state index in [1.807, 2.05) is 0 Å². The quantitative estimate of drug-likeness (QED) is 0.815. The smallest absolute Gasteiger partial charge is 0.155 e. The molecule has 90 valence electrons. The Hall–Kier alpha value is -0.880. The summed E-state index contributed by atoms with van der Waals surface area (Å²) in [5.74, 6) is 0.269. The number of aromatic nitrogens is 2. The van der Waals surface area contributed by atoms with Gasteiger partial charge < -0.3 is 5.73 Å². The van der Waals surface area contributed by atoms with Gasteiger partial charge in [0.15, 0.2) is 9.84 Å². The zero-order valence-electron chi connectivity index (χ0n) is 9.33. The molecule has 1 saturated heterocycles. The van der Waals surface area contributed by atoms with Crippen LogP contribution in [0.2, 0.25) is 0 Å². The molecule has 6 heteroatoms. The van der Waals surface area contributed by atoms with Gasteiger partial charge in [0, 0.05) is 24.8 Å². The van der Waals surface area contributed by atoms with Gasteiger partial charge in [0.2, 0.25) is 0 Å². The summed E-state index contributed by atoms with van der Waals surface area (Å²) in [5.41, 5.74) is 6.83. The average molecular weight is 243 g/mol. The molecule has 5 nitrogen and oxygen atoms in total. The van der Waals surface area contributed by atoms with Crippen LogP contribution in [0.3, 0.4) is 0 Å². The lowest BCUT2D eigenvalue weighted by atomic mass is 10.0. The molecule has 0 bridgehead atoms. The number of nitrogens with two attached hydrogens (primary N) is 1. The zero-order valence-corrected chi connectivity index (χ0v) is 10.2. The monoisotopic (exact) mass is 243 g/mol. The number of aryl methyl sites for hydroxylation is 1. The molecule has 2 rings (SSSR count). The summed E-state index contributed by atoms with van der Waals surface area (Å²) >= 11 is 0. The summed E-state index contributed by atoms with van der Waals surface area (Å²) in [4.78, 5) is 0. The summed E-state index contributed by atoms with van der Waals surface area (Å²) in [6.45, 7) is 0. The van der Waals surface area contributed by atoms with Crippen LogP contribution in [0.15, 0.2) is 12.4 Å². The molecule has 1 aromatic heterocycles. The lowest BCUT2D eigenvalue weighted by molar-refractivity contribution is 0.504. The second kappa shape index (κ2) is 4.18. The topological polar surface area (TPSA) is 78.0 Å². The predicted molar refractivity (Wildman–Crippen MR) is 61.6 cm³/mol. The van der Waals surface area contributed by atoms with E-state index in [2.05, 4.69) is 5.10 Å². The van der Waals surface area contributed by atoms with Crippen LogP contribution in [0.1, 0.15) is 30.9 Å². The lowest BCUT2D eigenvalue weighted by Crippen LogP contribution is -2.37. The van der Waals surface area contributed by atoms with Gasteiger partial charge in [-0.1, -0.05) is 6.42 Å². The van der Waals surface area contributed by atoms with Crippen LogP contribution < -0.4 is 5.73 Å². The van der Waals surface area contributed by atoms with Crippen molar-refractivity contribution in [1.29, 1.82) is 0 Å². The van der Waals surface area contributed by atoms with Crippen molar-refractivity contribution in [2.45, 2.75) is 30.6 Å². The fourth-order valence-electron chi connectivity index (χ4n) is 2.21. The maximum absolute atomic E-state index is 11.9. The van der Waals surface area contributed by atoms with E-state index in [0.717, 1.165) is 18.4 Å². The number of hydrogen-bond donors (Lipinski definition) is 1. The van der Waals surface area contributed by atoms with Crippen molar-refractivity contribution in [2.75, 3.05) is 5.75 Å². The maximum atomic E-state index is 11.9. The lowest BCUT2D eigenvalue weighted by Gasteiger charge is -2.26. The van der Waals surface area contributed by atoms with E-state index in [1.54, 1.807) is 24.1 Å². The van der Waals surface area contributed by atoms with E-state index in [-0.39, 0.29) is 5.75 Å². The summed E-state index contributed by atoms with van der Waals surface area (Å²) in [5, 5.41) is 3.58. The van der Waals surface area contributed by atoms with Crippen molar-refractivity contribution in [1.82, 2.24) is 9.78 Å². The molecule has 2 heterocycles. The van der Waals surface area contributed by atoms with Crippen LogP contribution in [0.25, 0.3) is 0 Å². The first-order valence-electron chi connectivity index (χ1n) is 5.46. The summed E-state index contributed by atoms with van der Waals surface area (Å²) in [6, 6.07) is -0.445. The van der Waals surface area contributed by atoms with Gasteiger partial charge in [0.05, 0.1) is 17.2 Å². The summed E-state index contributed by atoms with van der Waals surface area (Å²) in [7, 11) is -1.23. The molecule has 1 fully saturated rings. The van der Waals surface area contributed by atoms with Gasteiger partial charge in [0.1, 0.15) is 0 Å². The number of nitrogens with zero attached hydrogens (tertiary/aromatic N) is 2. The van der Waals surface area contributed by atoms with Crippen molar-refractivity contribution < 1.29 is 8.42 Å². The van der Waals surface area contributed by atoms with Crippen molar-refractivity contribution in [2.24, 2.45) is 12.8 Å². The minimum absolute atomic E-state index is 0.269. The Labute approximate surface area is 95.6 Å². The highest BCUT2D eigenvalue weighted by Gasteiger charge is 2.34. The van der Waals surface area contributed by atoms with Gasteiger partial charge in [0.25, 0.3) is 0 Å². The van der Waals surface area contributed by atoms with Gasteiger partial charge in [-0.15, -0.1) is 0 Å². The predicted octanol–water partition coefficient (Wildman–Crippen LogP) is 0.387. The highest BCUT2D eigenvalue weighted by atomic mass is 32.2. The van der Waals surface area contributed by atoms with Crippen LogP contribution in [-0.2, 0) is 16.9 Å². The fraction of sp³-hybridized carbons (Fsp3) is 0.700. The van der Waals surface area contributed by atoms with E-state index in [4.69, 9.17) is 5.73 Å². The molecule has 2 N–H and O–H groups in total. The van der Waals surface area contributed by atoms with Gasteiger partial charge in [-0.25, -0.2) is 8.42 Å². The molecule has 0 amide bonds. The number of sulfone groups is 1. The van der Waals surface area contributed by atoms with Gasteiger partial charge >= 0.3 is 0 Å². The van der Waals surface area contributed by atoms with E-state index in [1.165, 1.54) is 0 Å². The Morgan fingerprint density at radius 2 is 2.31 bits per heavy atom. The van der Waals surface area contributed by atoms with Crippen molar-refractivity contribution in [3.8, 4) is 0 Å². The molecule has 0 radical (unpaired) electrons. The van der Waals surface area contributed by atoms with E-state index in [0.29, 0.717) is 6.42 Å². The Balaban J connectivity index is 2.24. The third kappa shape index (κ3) is 2.12. The second-order valence-corrected chi connectivity index (χ2v) is 6.71. The number of rotatable bonds is 2. The van der Waals surface area contributed by atoms with Crippen molar-refractivity contribution >= 4 is 9.84 Å². The zero-order chi connectivity index (χ0) is 11.8. The van der Waals surface area contributed by atoms with Crippen LogP contribution in [0.4, 0.5) is 0 Å². The Morgan fingerprint density at radius 1 is 1.56 bits per heavy atom. The van der Waals surface area contributed by atoms with Crippen molar-refractivity contribution in [3.05, 3.63) is 18.0 Å². The highest BCUT2D eigenvalue weighted by Crippen LogP contribution is 2.28. The minimum atomic E-state index is -3.02. The van der Waals surface area contributed by atoms with Crippen LogP contribution in [0.5, 0.6) is 0 Å². The largest absolute Gasteiger partial charge is 0.323 e. The molecule has 1 aliphatic rings. The molecule has 2 atom stereocenters. The average Bonchev–Trinajstić information content (AvgIpc) is 2.63. The van der Waals surface area contributed by atoms with E-state index >= 15 is 0 Å². The van der Waals surface area contributed by atoms with Gasteiger partial charge in [-0.2, -0.15) is 5.10 Å². The minimum Gasteiger partial charge on any atom is -0.323 e. The molecule has 2 unspecified atom stereocenters. The molecule has 0 spiro atoms. The fourth-order valence-corrected chi connectivity index (χ4v) is 4.25. The third-order valence-electron chi connectivity index (χ3n) is 3.14. The van der Waals surface area contributed by atoms with Crippen LogP contribution >= 0.6 is 0 Å². The molecular weight excluding hydrogens is 226 g/mol. The second-order valence-electron chi connectivity index (χ2n) is 4.37. The van der Waals surface area contributed by atoms with Crippen LogP contribution in [-0.4, -0.2) is 29.2 Å². The molecule has 16 heavy (non-hydrogen) atoms. The van der Waals surface area contributed by atoms with Gasteiger partial charge in [-0.3, -0.25) is 4.68 Å². The van der Waals surface area contributed by atoms with E-state index < -0.39 is 21.1 Å².